The molecule has 1 spiro atoms. The molecular weight excluding hydrogens is 202 g/mol. The molecule has 0 unspecified atom stereocenters. The first-order valence-electron chi connectivity index (χ1n) is 5.64. The van der Waals surface area contributed by atoms with Gasteiger partial charge in [0.15, 0.2) is 0 Å². The summed E-state index contributed by atoms with van der Waals surface area (Å²) in [4.78, 5) is 14.0. The molecule has 0 atom stereocenters. The van der Waals surface area contributed by atoms with E-state index in [0.29, 0.717) is 5.54 Å². The van der Waals surface area contributed by atoms with Crippen molar-refractivity contribution in [3.05, 3.63) is 18.6 Å². The van der Waals surface area contributed by atoms with E-state index in [2.05, 4.69) is 25.2 Å². The lowest BCUT2D eigenvalue weighted by Crippen LogP contribution is -2.76. The molecule has 0 radical (unpaired) electrons. The molecule has 4 heterocycles. The van der Waals surface area contributed by atoms with Crippen LogP contribution in [0.5, 0.6) is 0 Å². The predicted molar refractivity (Wildman–Crippen MR) is 61.5 cm³/mol. The van der Waals surface area contributed by atoms with Gasteiger partial charge in [-0.05, 0) is 19.0 Å². The van der Waals surface area contributed by atoms with Crippen LogP contribution in [0.4, 0.5) is 5.82 Å². The Labute approximate surface area is 92.9 Å². The number of nitrogens with one attached hydrogen (secondary N) is 2. The van der Waals surface area contributed by atoms with Crippen molar-refractivity contribution in [1.82, 2.24) is 20.3 Å². The van der Waals surface area contributed by atoms with Gasteiger partial charge in [0, 0.05) is 19.3 Å². The monoisotopic (exact) mass is 215 g/mol. The number of hydrogen-bond acceptors (Lipinski definition) is 4. The first-order valence-corrected chi connectivity index (χ1v) is 5.64. The molecule has 2 N–H and O–H groups in total. The minimum Gasteiger partial charge on any atom is -0.352 e. The van der Waals surface area contributed by atoms with Crippen molar-refractivity contribution in [3.63, 3.8) is 0 Å². The van der Waals surface area contributed by atoms with E-state index in [1.807, 2.05) is 12.3 Å². The Morgan fingerprint density at radius 1 is 1.31 bits per heavy atom. The molecule has 0 aromatic carbocycles. The topological polar surface area (TPSA) is 56.8 Å². The zero-order valence-corrected chi connectivity index (χ0v) is 8.90. The second-order valence-corrected chi connectivity index (χ2v) is 4.75. The standard InChI is InChI=1S/C11H13N5/c1-3-12-9-8(1)10(14-7-13-9)16-5-11(6-16)2-4-15-11/h1,3,7,15H,2,4-6H2,(H,12,13,14). The molecular formula is C11H13N5. The van der Waals surface area contributed by atoms with Crippen LogP contribution in [0.3, 0.4) is 0 Å². The number of nitrogens with zero attached hydrogens (tertiary/aromatic N) is 3. The van der Waals surface area contributed by atoms with Gasteiger partial charge in [0.05, 0.1) is 10.9 Å². The Balaban J connectivity index is 1.70. The van der Waals surface area contributed by atoms with Crippen LogP contribution in [0.1, 0.15) is 6.42 Å². The number of anilines is 1. The number of aromatic nitrogens is 3. The molecule has 0 aliphatic carbocycles. The van der Waals surface area contributed by atoms with Gasteiger partial charge in [-0.25, -0.2) is 9.97 Å². The number of hydrogen-bond donors (Lipinski definition) is 2. The summed E-state index contributed by atoms with van der Waals surface area (Å²) in [5.74, 6) is 1.06. The molecule has 5 heteroatoms. The smallest absolute Gasteiger partial charge is 0.142 e. The lowest BCUT2D eigenvalue weighted by molar-refractivity contribution is 0.159. The molecule has 0 amide bonds. The molecule has 2 aromatic rings. The largest absolute Gasteiger partial charge is 0.352 e. The van der Waals surface area contributed by atoms with Crippen molar-refractivity contribution in [2.45, 2.75) is 12.0 Å². The molecule has 2 aliphatic rings. The van der Waals surface area contributed by atoms with Crippen molar-refractivity contribution in [3.8, 4) is 0 Å². The first kappa shape index (κ1) is 8.52. The molecule has 2 aromatic heterocycles. The van der Waals surface area contributed by atoms with Crippen molar-refractivity contribution < 1.29 is 0 Å². The summed E-state index contributed by atoms with van der Waals surface area (Å²) in [6.45, 7) is 3.31. The number of H-pyrrole nitrogens is 1. The highest BCUT2D eigenvalue weighted by Crippen LogP contribution is 2.35. The van der Waals surface area contributed by atoms with Crippen LogP contribution >= 0.6 is 0 Å². The maximum Gasteiger partial charge on any atom is 0.142 e. The van der Waals surface area contributed by atoms with Gasteiger partial charge in [-0.2, -0.15) is 0 Å². The van der Waals surface area contributed by atoms with Crippen molar-refractivity contribution in [1.29, 1.82) is 0 Å². The summed E-state index contributed by atoms with van der Waals surface area (Å²) >= 11 is 0. The van der Waals surface area contributed by atoms with E-state index >= 15 is 0 Å². The zero-order valence-electron chi connectivity index (χ0n) is 8.90. The summed E-state index contributed by atoms with van der Waals surface area (Å²) in [5.41, 5.74) is 1.32. The van der Waals surface area contributed by atoms with E-state index in [4.69, 9.17) is 0 Å². The van der Waals surface area contributed by atoms with Crippen LogP contribution < -0.4 is 10.2 Å². The number of fused-ring (bicyclic) bond motifs is 1. The average molecular weight is 215 g/mol. The van der Waals surface area contributed by atoms with Crippen LogP contribution in [0.2, 0.25) is 0 Å². The number of rotatable bonds is 1. The van der Waals surface area contributed by atoms with Crippen LogP contribution in [0.15, 0.2) is 18.6 Å². The molecule has 5 nitrogen and oxygen atoms in total. The fourth-order valence-electron chi connectivity index (χ4n) is 2.69. The highest BCUT2D eigenvalue weighted by Gasteiger charge is 2.47. The van der Waals surface area contributed by atoms with Crippen LogP contribution in [-0.4, -0.2) is 40.1 Å². The molecule has 0 saturated carbocycles. The quantitative estimate of drug-likeness (QED) is 0.727. The lowest BCUT2D eigenvalue weighted by Gasteiger charge is -2.56. The Morgan fingerprint density at radius 3 is 2.94 bits per heavy atom. The summed E-state index contributed by atoms with van der Waals surface area (Å²) in [7, 11) is 0. The first-order chi connectivity index (χ1) is 7.86. The van der Waals surface area contributed by atoms with E-state index in [1.54, 1.807) is 6.33 Å². The molecule has 2 saturated heterocycles. The average Bonchev–Trinajstić information content (AvgIpc) is 2.61. The fourth-order valence-corrected chi connectivity index (χ4v) is 2.69. The third kappa shape index (κ3) is 0.983. The fraction of sp³-hybridized carbons (Fsp3) is 0.455. The molecule has 82 valence electrons. The molecule has 16 heavy (non-hydrogen) atoms. The highest BCUT2D eigenvalue weighted by atomic mass is 15.3. The van der Waals surface area contributed by atoms with Gasteiger partial charge in [0.1, 0.15) is 17.8 Å². The Bertz CT molecular complexity index is 534. The SMILES string of the molecule is c1nc(N2CC3(CCN3)C2)c2cc[nH]c2n1. The van der Waals surface area contributed by atoms with E-state index in [1.165, 1.54) is 6.42 Å². The van der Waals surface area contributed by atoms with Gasteiger partial charge >= 0.3 is 0 Å². The van der Waals surface area contributed by atoms with Crippen molar-refractivity contribution in [2.24, 2.45) is 0 Å². The molecule has 4 rings (SSSR count). The maximum absolute atomic E-state index is 4.39. The Morgan fingerprint density at radius 2 is 2.19 bits per heavy atom. The predicted octanol–water partition coefficient (Wildman–Crippen LogP) is 0.510. The normalized spacial score (nSPS) is 22.1. The van der Waals surface area contributed by atoms with E-state index in [-0.39, 0.29) is 0 Å². The lowest BCUT2D eigenvalue weighted by atomic mass is 9.80. The second kappa shape index (κ2) is 2.74. The van der Waals surface area contributed by atoms with Gasteiger partial charge < -0.3 is 15.2 Å². The highest BCUT2D eigenvalue weighted by molar-refractivity contribution is 5.87. The van der Waals surface area contributed by atoms with Gasteiger partial charge in [-0.15, -0.1) is 0 Å². The third-order valence-electron chi connectivity index (χ3n) is 3.72. The van der Waals surface area contributed by atoms with Gasteiger partial charge in [-0.3, -0.25) is 0 Å². The van der Waals surface area contributed by atoms with Gasteiger partial charge in [0.25, 0.3) is 0 Å². The number of aromatic amines is 1. The second-order valence-electron chi connectivity index (χ2n) is 4.75. The van der Waals surface area contributed by atoms with Crippen LogP contribution in [-0.2, 0) is 0 Å². The summed E-state index contributed by atoms with van der Waals surface area (Å²) < 4.78 is 0. The summed E-state index contributed by atoms with van der Waals surface area (Å²) in [6.07, 6.45) is 4.85. The van der Waals surface area contributed by atoms with Crippen molar-refractivity contribution in [2.75, 3.05) is 24.5 Å². The van der Waals surface area contributed by atoms with E-state index in [9.17, 15) is 0 Å². The minimum atomic E-state index is 0.396. The van der Waals surface area contributed by atoms with E-state index in [0.717, 1.165) is 36.5 Å². The third-order valence-corrected chi connectivity index (χ3v) is 3.72. The maximum atomic E-state index is 4.39. The van der Waals surface area contributed by atoms with Gasteiger partial charge in [0.2, 0.25) is 0 Å². The molecule has 0 bridgehead atoms. The zero-order chi connectivity index (χ0) is 10.6. The van der Waals surface area contributed by atoms with Crippen LogP contribution in [0, 0.1) is 0 Å². The van der Waals surface area contributed by atoms with Gasteiger partial charge in [-0.1, -0.05) is 0 Å². The summed E-state index contributed by atoms with van der Waals surface area (Å²) in [5, 5.41) is 4.63. The molecule has 2 aliphatic heterocycles. The van der Waals surface area contributed by atoms with E-state index < -0.39 is 0 Å². The summed E-state index contributed by atoms with van der Waals surface area (Å²) in [6, 6.07) is 2.05. The van der Waals surface area contributed by atoms with Crippen LogP contribution in [0.25, 0.3) is 11.0 Å². The van der Waals surface area contributed by atoms with Crippen molar-refractivity contribution >= 4 is 16.9 Å². The Kier molecular flexibility index (Phi) is 1.46. The Hall–Kier alpha value is -1.62. The molecule has 2 fully saturated rings. The minimum absolute atomic E-state index is 0.396.